The van der Waals surface area contributed by atoms with Crippen LogP contribution in [0.3, 0.4) is 0 Å². The zero-order valence-corrected chi connectivity index (χ0v) is 13.8. The van der Waals surface area contributed by atoms with Crippen LogP contribution in [0.15, 0.2) is 38.1 Å². The van der Waals surface area contributed by atoms with Crippen molar-refractivity contribution < 1.29 is 18.3 Å². The molecule has 0 spiro atoms. The number of nitrogens with one attached hydrogen (secondary N) is 1. The van der Waals surface area contributed by atoms with Crippen LogP contribution in [0, 0.1) is 0 Å². The summed E-state index contributed by atoms with van der Waals surface area (Å²) < 4.78 is 15.7. The highest BCUT2D eigenvalue weighted by Crippen LogP contribution is 2.32. The lowest BCUT2D eigenvalue weighted by molar-refractivity contribution is 0.0932. The average Bonchev–Trinajstić information content (AvgIpc) is 3.43. The molecule has 25 heavy (non-hydrogen) atoms. The molecule has 130 valence electrons. The van der Waals surface area contributed by atoms with Crippen molar-refractivity contribution >= 4 is 5.91 Å². The molecule has 0 bridgehead atoms. The van der Waals surface area contributed by atoms with Crippen LogP contribution >= 0.6 is 0 Å². The van der Waals surface area contributed by atoms with Crippen LogP contribution < -0.4 is 5.32 Å². The van der Waals surface area contributed by atoms with Crippen molar-refractivity contribution in [1.29, 1.82) is 0 Å². The Morgan fingerprint density at radius 2 is 2.16 bits per heavy atom. The number of rotatable bonds is 5. The van der Waals surface area contributed by atoms with Gasteiger partial charge in [0.2, 0.25) is 11.7 Å². The standard InChI is InChI=1S/C17H18N4O4/c1-10(17-20-15(21-25-17)11-5-2-3-6-11)19-16(22)12-9-18-24-14(12)13-7-4-8-23-13/h4,7-11H,2-3,5-6H2,1H3,(H,19,22)/t10-/m1/s1. The minimum absolute atomic E-state index is 0.284. The summed E-state index contributed by atoms with van der Waals surface area (Å²) in [7, 11) is 0. The van der Waals surface area contributed by atoms with Gasteiger partial charge in [-0.15, -0.1) is 0 Å². The SMILES string of the molecule is C[C@@H](NC(=O)c1cnoc1-c1ccco1)c1nc(C2CCCC2)no1. The average molecular weight is 342 g/mol. The number of amides is 1. The van der Waals surface area contributed by atoms with Gasteiger partial charge in [-0.2, -0.15) is 4.98 Å². The van der Waals surface area contributed by atoms with E-state index in [4.69, 9.17) is 13.5 Å². The number of hydrogen-bond donors (Lipinski definition) is 1. The van der Waals surface area contributed by atoms with Gasteiger partial charge >= 0.3 is 0 Å². The second kappa shape index (κ2) is 6.54. The van der Waals surface area contributed by atoms with Gasteiger partial charge in [-0.05, 0) is 31.9 Å². The lowest BCUT2D eigenvalue weighted by atomic mass is 10.1. The van der Waals surface area contributed by atoms with E-state index in [0.717, 1.165) is 18.7 Å². The molecule has 1 fully saturated rings. The summed E-state index contributed by atoms with van der Waals surface area (Å²) in [6.45, 7) is 1.80. The van der Waals surface area contributed by atoms with Crippen LogP contribution in [-0.2, 0) is 0 Å². The van der Waals surface area contributed by atoms with E-state index in [2.05, 4.69) is 20.6 Å². The summed E-state index contributed by atoms with van der Waals surface area (Å²) in [6, 6.07) is 2.99. The zero-order valence-electron chi connectivity index (χ0n) is 13.8. The van der Waals surface area contributed by atoms with Crippen LogP contribution in [0.5, 0.6) is 0 Å². The monoisotopic (exact) mass is 342 g/mol. The summed E-state index contributed by atoms with van der Waals surface area (Å²) in [5, 5.41) is 10.6. The van der Waals surface area contributed by atoms with E-state index in [1.165, 1.54) is 25.3 Å². The highest BCUT2D eigenvalue weighted by Gasteiger charge is 2.26. The number of hydrogen-bond acceptors (Lipinski definition) is 7. The Hall–Kier alpha value is -2.90. The maximum absolute atomic E-state index is 12.5. The third-order valence-corrected chi connectivity index (χ3v) is 4.46. The maximum Gasteiger partial charge on any atom is 0.257 e. The molecule has 8 nitrogen and oxygen atoms in total. The second-order valence-corrected chi connectivity index (χ2v) is 6.21. The van der Waals surface area contributed by atoms with Gasteiger partial charge < -0.3 is 18.8 Å². The van der Waals surface area contributed by atoms with Crippen LogP contribution in [0.2, 0.25) is 0 Å². The molecule has 1 atom stereocenters. The van der Waals surface area contributed by atoms with Crippen molar-refractivity contribution in [3.05, 3.63) is 41.9 Å². The van der Waals surface area contributed by atoms with E-state index in [0.29, 0.717) is 17.6 Å². The summed E-state index contributed by atoms with van der Waals surface area (Å²) in [6.07, 6.45) is 7.44. The van der Waals surface area contributed by atoms with E-state index in [1.807, 2.05) is 0 Å². The first kappa shape index (κ1) is 15.6. The van der Waals surface area contributed by atoms with Crippen molar-refractivity contribution in [3.8, 4) is 11.5 Å². The van der Waals surface area contributed by atoms with E-state index in [9.17, 15) is 4.79 Å². The largest absolute Gasteiger partial charge is 0.461 e. The Kier molecular flexibility index (Phi) is 4.09. The fraction of sp³-hybridized carbons (Fsp3) is 0.412. The van der Waals surface area contributed by atoms with Crippen molar-refractivity contribution in [3.63, 3.8) is 0 Å². The van der Waals surface area contributed by atoms with Crippen LogP contribution in [0.1, 0.15) is 66.6 Å². The van der Waals surface area contributed by atoms with E-state index in [1.54, 1.807) is 19.1 Å². The molecule has 8 heteroatoms. The predicted octanol–water partition coefficient (Wildman–Crippen LogP) is 3.47. The lowest BCUT2D eigenvalue weighted by Gasteiger charge is -2.08. The molecule has 0 unspecified atom stereocenters. The summed E-state index contributed by atoms with van der Waals surface area (Å²) in [5.74, 6) is 1.87. The van der Waals surface area contributed by atoms with Crippen molar-refractivity contribution in [2.75, 3.05) is 0 Å². The van der Waals surface area contributed by atoms with Gasteiger partial charge in [0.15, 0.2) is 11.6 Å². The highest BCUT2D eigenvalue weighted by molar-refractivity contribution is 5.98. The molecule has 3 aromatic heterocycles. The first-order valence-corrected chi connectivity index (χ1v) is 8.35. The van der Waals surface area contributed by atoms with Crippen LogP contribution in [0.25, 0.3) is 11.5 Å². The quantitative estimate of drug-likeness (QED) is 0.756. The predicted molar refractivity (Wildman–Crippen MR) is 85.6 cm³/mol. The first-order chi connectivity index (χ1) is 12.2. The Labute approximate surface area is 143 Å². The Bertz CT molecular complexity index is 846. The lowest BCUT2D eigenvalue weighted by Crippen LogP contribution is -2.27. The molecular weight excluding hydrogens is 324 g/mol. The fourth-order valence-corrected chi connectivity index (χ4v) is 3.10. The van der Waals surface area contributed by atoms with Gasteiger partial charge in [-0.3, -0.25) is 4.79 Å². The topological polar surface area (TPSA) is 107 Å². The third kappa shape index (κ3) is 3.07. The third-order valence-electron chi connectivity index (χ3n) is 4.46. The van der Waals surface area contributed by atoms with Crippen molar-refractivity contribution in [2.24, 2.45) is 0 Å². The maximum atomic E-state index is 12.5. The van der Waals surface area contributed by atoms with E-state index >= 15 is 0 Å². The van der Waals surface area contributed by atoms with E-state index in [-0.39, 0.29) is 17.2 Å². The molecule has 4 rings (SSSR count). The Morgan fingerprint density at radius 3 is 2.92 bits per heavy atom. The highest BCUT2D eigenvalue weighted by atomic mass is 16.5. The first-order valence-electron chi connectivity index (χ1n) is 8.35. The number of furan rings is 1. The molecule has 1 aliphatic carbocycles. The van der Waals surface area contributed by atoms with Crippen molar-refractivity contribution in [1.82, 2.24) is 20.6 Å². The minimum Gasteiger partial charge on any atom is -0.461 e. The number of carbonyl (C=O) groups is 1. The molecule has 1 N–H and O–H groups in total. The number of carbonyl (C=O) groups excluding carboxylic acids is 1. The van der Waals surface area contributed by atoms with Crippen molar-refractivity contribution in [2.45, 2.75) is 44.6 Å². The molecule has 3 heterocycles. The molecule has 0 aliphatic heterocycles. The van der Waals surface area contributed by atoms with Gasteiger partial charge in [0.25, 0.3) is 5.91 Å². The smallest absolute Gasteiger partial charge is 0.257 e. The summed E-state index contributed by atoms with van der Waals surface area (Å²) in [4.78, 5) is 17.0. The molecule has 1 saturated carbocycles. The normalized spacial score (nSPS) is 16.2. The van der Waals surface area contributed by atoms with E-state index < -0.39 is 6.04 Å². The van der Waals surface area contributed by atoms with Gasteiger partial charge in [-0.25, -0.2) is 0 Å². The molecule has 3 aromatic rings. The van der Waals surface area contributed by atoms with Gasteiger partial charge in [0.1, 0.15) is 11.6 Å². The number of nitrogens with zero attached hydrogens (tertiary/aromatic N) is 3. The summed E-state index contributed by atoms with van der Waals surface area (Å²) >= 11 is 0. The molecule has 1 aliphatic rings. The van der Waals surface area contributed by atoms with Gasteiger partial charge in [-0.1, -0.05) is 23.2 Å². The molecule has 0 radical (unpaired) electrons. The number of aromatic nitrogens is 3. The van der Waals surface area contributed by atoms with Crippen LogP contribution in [0.4, 0.5) is 0 Å². The summed E-state index contributed by atoms with van der Waals surface area (Å²) in [5.41, 5.74) is 0.289. The van der Waals surface area contributed by atoms with Crippen LogP contribution in [-0.4, -0.2) is 21.2 Å². The van der Waals surface area contributed by atoms with Gasteiger partial charge in [0, 0.05) is 5.92 Å². The Balaban J connectivity index is 1.47. The Morgan fingerprint density at radius 1 is 1.32 bits per heavy atom. The van der Waals surface area contributed by atoms with Gasteiger partial charge in [0.05, 0.1) is 12.5 Å². The molecule has 1 amide bonds. The molecule has 0 saturated heterocycles. The fourth-order valence-electron chi connectivity index (χ4n) is 3.10. The molecular formula is C17H18N4O4. The minimum atomic E-state index is -0.422. The second-order valence-electron chi connectivity index (χ2n) is 6.21. The zero-order chi connectivity index (χ0) is 17.2. The molecule has 0 aromatic carbocycles.